The lowest BCUT2D eigenvalue weighted by molar-refractivity contribution is -0.136. The van der Waals surface area contributed by atoms with Gasteiger partial charge in [0.25, 0.3) is 0 Å². The number of aromatic carboxylic acids is 1. The average molecular weight is 387 g/mol. The molecule has 0 saturated carbocycles. The van der Waals surface area contributed by atoms with Crippen LogP contribution in [0.3, 0.4) is 0 Å². The Morgan fingerprint density at radius 1 is 1.07 bits per heavy atom. The highest BCUT2D eigenvalue weighted by Gasteiger charge is 2.26. The molecule has 1 unspecified atom stereocenters. The second-order valence-electron chi connectivity index (χ2n) is 6.23. The van der Waals surface area contributed by atoms with Crippen molar-refractivity contribution in [2.75, 3.05) is 38.2 Å². The zero-order valence-corrected chi connectivity index (χ0v) is 15.1. The quantitative estimate of drug-likeness (QED) is 0.635. The van der Waals surface area contributed by atoms with Crippen LogP contribution in [-0.4, -0.2) is 60.6 Å². The monoisotopic (exact) mass is 387 g/mol. The van der Waals surface area contributed by atoms with Crippen LogP contribution in [0.5, 0.6) is 0 Å². The Morgan fingerprint density at radius 2 is 1.79 bits per heavy atom. The topological polar surface area (TPSA) is 121 Å². The largest absolute Gasteiger partial charge is 0.478 e. The van der Waals surface area contributed by atoms with Crippen molar-refractivity contribution in [3.8, 4) is 0 Å². The molecule has 2 aromatic rings. The van der Waals surface area contributed by atoms with Crippen LogP contribution in [0, 0.1) is 0 Å². The molecule has 1 fully saturated rings. The molecule has 9 heteroatoms. The molecule has 1 aliphatic rings. The molecule has 2 heterocycles. The lowest BCUT2D eigenvalue weighted by Gasteiger charge is -2.33. The van der Waals surface area contributed by atoms with Crippen LogP contribution < -0.4 is 10.6 Å². The van der Waals surface area contributed by atoms with Crippen molar-refractivity contribution in [1.29, 1.82) is 0 Å². The van der Waals surface area contributed by atoms with Gasteiger partial charge in [-0.15, -0.1) is 0 Å². The van der Waals surface area contributed by atoms with Gasteiger partial charge in [0.1, 0.15) is 5.76 Å². The number of carboxylic acid groups (broad SMARTS) is 1. The number of amides is 2. The van der Waals surface area contributed by atoms with Crippen molar-refractivity contribution in [2.24, 2.45) is 0 Å². The van der Waals surface area contributed by atoms with E-state index in [0.717, 1.165) is 0 Å². The molecule has 0 spiro atoms. The van der Waals surface area contributed by atoms with Crippen LogP contribution in [0.25, 0.3) is 0 Å². The Bertz CT molecular complexity index is 813. The summed E-state index contributed by atoms with van der Waals surface area (Å²) in [7, 11) is 0. The first kappa shape index (κ1) is 19.6. The van der Waals surface area contributed by atoms with Gasteiger partial charge in [0.2, 0.25) is 0 Å². The van der Waals surface area contributed by atoms with Crippen LogP contribution in [0.4, 0.5) is 5.69 Å². The fourth-order valence-corrected chi connectivity index (χ4v) is 2.93. The molecule has 3 rings (SSSR count). The second-order valence-corrected chi connectivity index (χ2v) is 6.23. The molecule has 0 radical (unpaired) electrons. The minimum absolute atomic E-state index is 0.0919. The standard InChI is InChI=1S/C19H21N3O6/c23-17(18(24)21-14-5-3-13(4-6-14)19(25)26)20-12-15(16-2-1-9-28-16)22-7-10-27-11-8-22/h1-6,9,15H,7-8,10-12H2,(H,20,23)(H,21,24)(H,25,26). The molecule has 1 aromatic carbocycles. The number of carbonyl (C=O) groups excluding carboxylic acids is 2. The number of nitrogens with one attached hydrogen (secondary N) is 2. The molecule has 2 amide bonds. The summed E-state index contributed by atoms with van der Waals surface area (Å²) in [6, 6.07) is 8.95. The molecule has 0 bridgehead atoms. The highest BCUT2D eigenvalue weighted by Crippen LogP contribution is 2.21. The number of hydrogen-bond acceptors (Lipinski definition) is 6. The summed E-state index contributed by atoms with van der Waals surface area (Å²) in [5, 5.41) is 14.0. The van der Waals surface area contributed by atoms with E-state index in [1.54, 1.807) is 12.3 Å². The summed E-state index contributed by atoms with van der Waals surface area (Å²) < 4.78 is 10.8. The van der Waals surface area contributed by atoms with E-state index in [0.29, 0.717) is 37.8 Å². The summed E-state index contributed by atoms with van der Waals surface area (Å²) in [4.78, 5) is 37.3. The van der Waals surface area contributed by atoms with Crippen molar-refractivity contribution in [1.82, 2.24) is 10.2 Å². The SMILES string of the molecule is O=C(NCC(c1ccco1)N1CCOCC1)C(=O)Nc1ccc(C(=O)O)cc1. The van der Waals surface area contributed by atoms with Gasteiger partial charge in [-0.2, -0.15) is 0 Å². The Kier molecular flexibility index (Phi) is 6.41. The van der Waals surface area contributed by atoms with E-state index in [1.165, 1.54) is 24.3 Å². The molecule has 1 aliphatic heterocycles. The first-order valence-electron chi connectivity index (χ1n) is 8.82. The van der Waals surface area contributed by atoms with E-state index >= 15 is 0 Å². The second kappa shape index (κ2) is 9.16. The van der Waals surface area contributed by atoms with E-state index < -0.39 is 17.8 Å². The summed E-state index contributed by atoms with van der Waals surface area (Å²) in [5.41, 5.74) is 0.426. The van der Waals surface area contributed by atoms with Crippen LogP contribution >= 0.6 is 0 Å². The number of morpholine rings is 1. The Labute approximate surface area is 161 Å². The number of carbonyl (C=O) groups is 3. The fraction of sp³-hybridized carbons (Fsp3) is 0.316. The Balaban J connectivity index is 1.57. The number of carboxylic acids is 1. The molecule has 0 aliphatic carbocycles. The smallest absolute Gasteiger partial charge is 0.335 e. The van der Waals surface area contributed by atoms with E-state index in [-0.39, 0.29) is 18.2 Å². The number of furan rings is 1. The molecule has 1 aromatic heterocycles. The third-order valence-electron chi connectivity index (χ3n) is 4.41. The third kappa shape index (κ3) is 4.96. The highest BCUT2D eigenvalue weighted by molar-refractivity contribution is 6.39. The zero-order valence-electron chi connectivity index (χ0n) is 15.1. The van der Waals surface area contributed by atoms with E-state index in [4.69, 9.17) is 14.3 Å². The van der Waals surface area contributed by atoms with Gasteiger partial charge in [-0.25, -0.2) is 4.79 Å². The van der Waals surface area contributed by atoms with Gasteiger partial charge >= 0.3 is 17.8 Å². The van der Waals surface area contributed by atoms with Gasteiger partial charge in [0.05, 0.1) is 31.1 Å². The molecule has 148 valence electrons. The van der Waals surface area contributed by atoms with Gasteiger partial charge in [0, 0.05) is 25.3 Å². The first-order valence-corrected chi connectivity index (χ1v) is 8.82. The number of ether oxygens (including phenoxy) is 1. The number of nitrogens with zero attached hydrogens (tertiary/aromatic N) is 1. The zero-order chi connectivity index (χ0) is 19.9. The van der Waals surface area contributed by atoms with E-state index in [1.807, 2.05) is 6.07 Å². The van der Waals surface area contributed by atoms with E-state index in [9.17, 15) is 14.4 Å². The molecule has 9 nitrogen and oxygen atoms in total. The minimum atomic E-state index is -1.07. The summed E-state index contributed by atoms with van der Waals surface area (Å²) in [5.74, 6) is -1.98. The number of rotatable bonds is 6. The Morgan fingerprint density at radius 3 is 2.39 bits per heavy atom. The van der Waals surface area contributed by atoms with Gasteiger partial charge in [-0.1, -0.05) is 0 Å². The Hall–Kier alpha value is -3.17. The highest BCUT2D eigenvalue weighted by atomic mass is 16.5. The molecule has 28 heavy (non-hydrogen) atoms. The molecular formula is C19H21N3O6. The summed E-state index contributed by atoms with van der Waals surface area (Å²) in [6.45, 7) is 2.79. The molecule has 3 N–H and O–H groups in total. The van der Waals surface area contributed by atoms with Crippen LogP contribution in [0.15, 0.2) is 47.1 Å². The van der Waals surface area contributed by atoms with Crippen LogP contribution in [-0.2, 0) is 14.3 Å². The maximum absolute atomic E-state index is 12.2. The molecular weight excluding hydrogens is 366 g/mol. The summed E-state index contributed by atoms with van der Waals surface area (Å²) in [6.07, 6.45) is 1.57. The summed E-state index contributed by atoms with van der Waals surface area (Å²) >= 11 is 0. The molecule has 1 atom stereocenters. The van der Waals surface area contributed by atoms with Crippen LogP contribution in [0.2, 0.25) is 0 Å². The lowest BCUT2D eigenvalue weighted by atomic mass is 10.1. The van der Waals surface area contributed by atoms with Gasteiger partial charge in [-0.05, 0) is 36.4 Å². The van der Waals surface area contributed by atoms with Crippen molar-refractivity contribution in [2.45, 2.75) is 6.04 Å². The van der Waals surface area contributed by atoms with Gasteiger partial charge < -0.3 is 24.9 Å². The van der Waals surface area contributed by atoms with Gasteiger partial charge in [-0.3, -0.25) is 14.5 Å². The van der Waals surface area contributed by atoms with Crippen molar-refractivity contribution < 1.29 is 28.6 Å². The van der Waals surface area contributed by atoms with Crippen molar-refractivity contribution >= 4 is 23.5 Å². The number of benzene rings is 1. The number of hydrogen-bond donors (Lipinski definition) is 3. The normalized spacial score (nSPS) is 15.6. The van der Waals surface area contributed by atoms with Crippen LogP contribution in [0.1, 0.15) is 22.2 Å². The maximum Gasteiger partial charge on any atom is 0.335 e. The van der Waals surface area contributed by atoms with E-state index in [2.05, 4.69) is 15.5 Å². The third-order valence-corrected chi connectivity index (χ3v) is 4.41. The minimum Gasteiger partial charge on any atom is -0.478 e. The number of anilines is 1. The van der Waals surface area contributed by atoms with Crippen molar-refractivity contribution in [3.05, 3.63) is 54.0 Å². The van der Waals surface area contributed by atoms with Crippen molar-refractivity contribution in [3.63, 3.8) is 0 Å². The molecule has 1 saturated heterocycles. The lowest BCUT2D eigenvalue weighted by Crippen LogP contribution is -2.45. The maximum atomic E-state index is 12.2. The predicted molar refractivity (Wildman–Crippen MR) is 98.9 cm³/mol. The van der Waals surface area contributed by atoms with Gasteiger partial charge in [0.15, 0.2) is 0 Å². The predicted octanol–water partition coefficient (Wildman–Crippen LogP) is 1.11. The average Bonchev–Trinajstić information content (AvgIpc) is 3.23. The fourth-order valence-electron chi connectivity index (χ4n) is 2.93. The first-order chi connectivity index (χ1) is 13.5.